The van der Waals surface area contributed by atoms with Gasteiger partial charge < -0.3 is 4.74 Å². The number of hydrogen-bond donors (Lipinski definition) is 0. The first-order valence-electron chi connectivity index (χ1n) is 11.0. The van der Waals surface area contributed by atoms with Crippen molar-refractivity contribution in [3.05, 3.63) is 94.8 Å². The second kappa shape index (κ2) is 11.7. The van der Waals surface area contributed by atoms with Crippen molar-refractivity contribution in [1.82, 2.24) is 4.90 Å². The molecule has 0 aromatic heterocycles. The van der Waals surface area contributed by atoms with E-state index in [9.17, 15) is 30.8 Å². The molecule has 0 bridgehead atoms. The predicted octanol–water partition coefficient (Wildman–Crippen LogP) is 5.53. The molecular weight excluding hydrogens is 498 g/mol. The first kappa shape index (κ1) is 27.3. The van der Waals surface area contributed by atoms with E-state index in [4.69, 9.17) is 4.74 Å². The summed E-state index contributed by atoms with van der Waals surface area (Å²) in [6, 6.07) is 16.6. The summed E-state index contributed by atoms with van der Waals surface area (Å²) in [5.41, 5.74) is -0.428. The number of nitrogens with zero attached hydrogens (tertiary/aromatic N) is 1. The number of ether oxygens (including phenoxy) is 1. The van der Waals surface area contributed by atoms with Gasteiger partial charge in [0.15, 0.2) is 16.1 Å². The van der Waals surface area contributed by atoms with Crippen LogP contribution in [-0.4, -0.2) is 39.0 Å². The molecular formula is C26H25F4NO4S. The van der Waals surface area contributed by atoms with E-state index in [-0.39, 0.29) is 34.9 Å². The van der Waals surface area contributed by atoms with E-state index in [1.54, 1.807) is 0 Å². The van der Waals surface area contributed by atoms with Gasteiger partial charge in [0.2, 0.25) is 0 Å². The zero-order valence-electron chi connectivity index (χ0n) is 19.5. The van der Waals surface area contributed by atoms with Crippen LogP contribution in [0.4, 0.5) is 17.6 Å². The molecule has 0 saturated carbocycles. The van der Waals surface area contributed by atoms with Gasteiger partial charge in [0.1, 0.15) is 11.6 Å². The highest BCUT2D eigenvalue weighted by Crippen LogP contribution is 2.32. The van der Waals surface area contributed by atoms with Gasteiger partial charge >= 0.3 is 6.18 Å². The SMILES string of the molecule is CS(=O)(=O)c1cc(OCCCN(Cc2ccccc2)Cc2cccc(C(F)(F)F)c2F)ccc1C=O. The molecule has 0 atom stereocenters. The van der Waals surface area contributed by atoms with E-state index >= 15 is 0 Å². The number of benzene rings is 3. The van der Waals surface area contributed by atoms with E-state index in [2.05, 4.69) is 0 Å². The molecule has 0 amide bonds. The monoisotopic (exact) mass is 523 g/mol. The Kier molecular flexibility index (Phi) is 8.86. The number of alkyl halides is 3. The van der Waals surface area contributed by atoms with Crippen LogP contribution in [0.2, 0.25) is 0 Å². The van der Waals surface area contributed by atoms with Gasteiger partial charge in [0.05, 0.1) is 17.1 Å². The van der Waals surface area contributed by atoms with Crippen molar-refractivity contribution in [3.63, 3.8) is 0 Å². The molecule has 0 spiro atoms. The Labute approximate surface area is 207 Å². The number of hydrogen-bond acceptors (Lipinski definition) is 5. The van der Waals surface area contributed by atoms with Gasteiger partial charge in [0, 0.05) is 37.0 Å². The van der Waals surface area contributed by atoms with Crippen LogP contribution in [0.25, 0.3) is 0 Å². The molecule has 10 heteroatoms. The summed E-state index contributed by atoms with van der Waals surface area (Å²) in [7, 11) is -3.63. The fourth-order valence-electron chi connectivity index (χ4n) is 3.72. The van der Waals surface area contributed by atoms with Crippen LogP contribution >= 0.6 is 0 Å². The molecule has 0 aliphatic carbocycles. The molecule has 36 heavy (non-hydrogen) atoms. The first-order valence-corrected chi connectivity index (χ1v) is 12.9. The highest BCUT2D eigenvalue weighted by atomic mass is 32.2. The van der Waals surface area contributed by atoms with Gasteiger partial charge in [0.25, 0.3) is 0 Å². The van der Waals surface area contributed by atoms with Crippen LogP contribution in [-0.2, 0) is 29.1 Å². The number of sulfone groups is 1. The van der Waals surface area contributed by atoms with Gasteiger partial charge in [-0.25, -0.2) is 12.8 Å². The minimum atomic E-state index is -4.79. The number of aldehydes is 1. The van der Waals surface area contributed by atoms with E-state index < -0.39 is 27.4 Å². The van der Waals surface area contributed by atoms with Crippen LogP contribution < -0.4 is 4.74 Å². The van der Waals surface area contributed by atoms with Crippen LogP contribution in [0.1, 0.15) is 33.5 Å². The average Bonchev–Trinajstić information content (AvgIpc) is 2.82. The Morgan fingerprint density at radius 2 is 1.69 bits per heavy atom. The summed E-state index contributed by atoms with van der Waals surface area (Å²) in [4.78, 5) is 12.8. The van der Waals surface area contributed by atoms with Gasteiger partial charge in [-0.3, -0.25) is 9.69 Å². The molecule has 0 aliphatic heterocycles. The fraction of sp³-hybridized carbons (Fsp3) is 0.269. The number of carbonyl (C=O) groups is 1. The van der Waals surface area contributed by atoms with Gasteiger partial charge in [-0.05, 0) is 36.2 Å². The summed E-state index contributed by atoms with van der Waals surface area (Å²) in [6.45, 7) is 0.871. The fourth-order valence-corrected chi connectivity index (χ4v) is 4.59. The molecule has 0 heterocycles. The van der Waals surface area contributed by atoms with Crippen LogP contribution in [0.3, 0.4) is 0 Å². The molecule has 5 nitrogen and oxygen atoms in total. The quantitative estimate of drug-likeness (QED) is 0.188. The summed E-state index contributed by atoms with van der Waals surface area (Å²) >= 11 is 0. The molecule has 192 valence electrons. The molecule has 0 N–H and O–H groups in total. The first-order chi connectivity index (χ1) is 17.0. The highest BCUT2D eigenvalue weighted by molar-refractivity contribution is 7.90. The van der Waals surface area contributed by atoms with E-state index in [1.807, 2.05) is 35.2 Å². The summed E-state index contributed by atoms with van der Waals surface area (Å²) < 4.78 is 83.6. The number of rotatable bonds is 11. The molecule has 0 unspecified atom stereocenters. The van der Waals surface area contributed by atoms with E-state index in [0.29, 0.717) is 25.8 Å². The second-order valence-electron chi connectivity index (χ2n) is 8.26. The number of halogens is 4. The van der Waals surface area contributed by atoms with Gasteiger partial charge in [-0.1, -0.05) is 42.5 Å². The zero-order chi connectivity index (χ0) is 26.3. The Bertz CT molecular complexity index is 1300. The maximum absolute atomic E-state index is 14.6. The Balaban J connectivity index is 1.71. The normalized spacial score (nSPS) is 12.1. The lowest BCUT2D eigenvalue weighted by molar-refractivity contribution is -0.140. The second-order valence-corrected chi connectivity index (χ2v) is 10.2. The van der Waals surface area contributed by atoms with Gasteiger partial charge in [-0.15, -0.1) is 0 Å². The maximum atomic E-state index is 14.6. The molecule has 0 saturated heterocycles. The topological polar surface area (TPSA) is 63.7 Å². The van der Waals surface area contributed by atoms with Crippen molar-refractivity contribution < 1.29 is 35.5 Å². The molecule has 3 rings (SSSR count). The maximum Gasteiger partial charge on any atom is 0.419 e. The van der Waals surface area contributed by atoms with Crippen LogP contribution in [0.15, 0.2) is 71.6 Å². The van der Waals surface area contributed by atoms with Crippen molar-refractivity contribution in [2.45, 2.75) is 30.6 Å². The van der Waals surface area contributed by atoms with Crippen molar-refractivity contribution in [3.8, 4) is 5.75 Å². The third-order valence-corrected chi connectivity index (χ3v) is 6.58. The van der Waals surface area contributed by atoms with Crippen LogP contribution in [0, 0.1) is 5.82 Å². The van der Waals surface area contributed by atoms with Crippen LogP contribution in [0.5, 0.6) is 5.75 Å². The molecule has 0 radical (unpaired) electrons. The third-order valence-electron chi connectivity index (χ3n) is 5.43. The predicted molar refractivity (Wildman–Crippen MR) is 127 cm³/mol. The standard InChI is InChI=1S/C26H25F4NO4S/c1-36(33,34)24-15-22(12-11-21(24)18-32)35-14-6-13-31(16-19-7-3-2-4-8-19)17-20-9-5-10-23(25(20)27)26(28,29)30/h2-5,7-12,15,18H,6,13-14,16-17H2,1H3. The lowest BCUT2D eigenvalue weighted by atomic mass is 10.1. The summed E-state index contributed by atoms with van der Waals surface area (Å²) in [5, 5.41) is 0. The largest absolute Gasteiger partial charge is 0.494 e. The van der Waals surface area contributed by atoms with E-state index in [0.717, 1.165) is 17.9 Å². The Morgan fingerprint density at radius 1 is 0.972 bits per heavy atom. The minimum Gasteiger partial charge on any atom is -0.494 e. The van der Waals surface area contributed by atoms with Crippen molar-refractivity contribution in [2.75, 3.05) is 19.4 Å². The van der Waals surface area contributed by atoms with Crippen molar-refractivity contribution >= 4 is 16.1 Å². The Hall–Kier alpha value is -3.24. The minimum absolute atomic E-state index is 0.0296. The van der Waals surface area contributed by atoms with Crippen molar-refractivity contribution in [2.24, 2.45) is 0 Å². The molecule has 0 fully saturated rings. The molecule has 0 aliphatic rings. The highest BCUT2D eigenvalue weighted by Gasteiger charge is 2.34. The smallest absolute Gasteiger partial charge is 0.419 e. The molecule has 3 aromatic rings. The van der Waals surface area contributed by atoms with E-state index in [1.165, 1.54) is 30.3 Å². The third kappa shape index (κ3) is 7.38. The average molecular weight is 524 g/mol. The lowest BCUT2D eigenvalue weighted by Gasteiger charge is -2.23. The van der Waals surface area contributed by atoms with Gasteiger partial charge in [-0.2, -0.15) is 13.2 Å². The summed E-state index contributed by atoms with van der Waals surface area (Å²) in [5.74, 6) is -1.03. The summed E-state index contributed by atoms with van der Waals surface area (Å²) in [6.07, 6.45) is -2.92. The number of carbonyl (C=O) groups excluding carboxylic acids is 1. The molecule has 3 aromatic carbocycles. The van der Waals surface area contributed by atoms with Crippen molar-refractivity contribution in [1.29, 1.82) is 0 Å². The lowest BCUT2D eigenvalue weighted by Crippen LogP contribution is -2.26. The Morgan fingerprint density at radius 3 is 2.33 bits per heavy atom. The zero-order valence-corrected chi connectivity index (χ0v) is 20.3.